The van der Waals surface area contributed by atoms with Crippen molar-refractivity contribution in [2.75, 3.05) is 0 Å². The van der Waals surface area contributed by atoms with Gasteiger partial charge in [0.2, 0.25) is 0 Å². The van der Waals surface area contributed by atoms with Gasteiger partial charge in [-0.15, -0.1) is 0 Å². The zero-order valence-electron chi connectivity index (χ0n) is 12.0. The van der Waals surface area contributed by atoms with E-state index in [1.807, 2.05) is 24.0 Å². The number of rotatable bonds is 4. The Morgan fingerprint density at radius 3 is 2.73 bits per heavy atom. The molecule has 1 saturated carbocycles. The van der Waals surface area contributed by atoms with E-state index in [1.165, 1.54) is 6.20 Å². The van der Waals surface area contributed by atoms with Crippen LogP contribution >= 0.6 is 23.2 Å². The van der Waals surface area contributed by atoms with Gasteiger partial charge in [0.25, 0.3) is 5.91 Å². The second-order valence-electron chi connectivity index (χ2n) is 5.40. The predicted octanol–water partition coefficient (Wildman–Crippen LogP) is 4.15. The molecule has 0 unspecified atom stereocenters. The molecule has 22 heavy (non-hydrogen) atoms. The molecule has 1 aliphatic rings. The van der Waals surface area contributed by atoms with E-state index in [9.17, 15) is 4.79 Å². The highest BCUT2D eigenvalue weighted by atomic mass is 35.5. The molecule has 0 aromatic carbocycles. The Hall–Kier alpha value is -1.65. The first-order chi connectivity index (χ1) is 10.6. The number of hydrogen-bond acceptors (Lipinski definition) is 3. The Labute approximate surface area is 139 Å². The summed E-state index contributed by atoms with van der Waals surface area (Å²) in [6.45, 7) is 2.01. The van der Waals surface area contributed by atoms with Gasteiger partial charge in [-0.2, -0.15) is 0 Å². The lowest BCUT2D eigenvalue weighted by atomic mass is 10.1. The summed E-state index contributed by atoms with van der Waals surface area (Å²) in [6.07, 6.45) is 7.03. The summed E-state index contributed by atoms with van der Waals surface area (Å²) in [5.41, 5.74) is 1.47. The molecule has 0 spiro atoms. The maximum atomic E-state index is 12.9. The molecule has 6 heteroatoms. The van der Waals surface area contributed by atoms with E-state index in [0.717, 1.165) is 18.4 Å². The van der Waals surface area contributed by atoms with Gasteiger partial charge >= 0.3 is 0 Å². The average molecular weight is 336 g/mol. The Balaban J connectivity index is 1.90. The van der Waals surface area contributed by atoms with Crippen LogP contribution in [-0.2, 0) is 0 Å². The van der Waals surface area contributed by atoms with Crippen molar-refractivity contribution >= 4 is 29.1 Å². The van der Waals surface area contributed by atoms with Crippen molar-refractivity contribution < 1.29 is 4.79 Å². The van der Waals surface area contributed by atoms with Gasteiger partial charge in [0, 0.05) is 24.6 Å². The number of amides is 1. The second kappa shape index (κ2) is 6.23. The molecular formula is C16H15Cl2N3O. The maximum absolute atomic E-state index is 12.9. The van der Waals surface area contributed by atoms with E-state index in [0.29, 0.717) is 5.56 Å². The monoisotopic (exact) mass is 335 g/mol. The van der Waals surface area contributed by atoms with Gasteiger partial charge in [0.15, 0.2) is 0 Å². The van der Waals surface area contributed by atoms with Crippen LogP contribution in [-0.4, -0.2) is 26.8 Å². The average Bonchev–Trinajstić information content (AvgIpc) is 3.35. The Morgan fingerprint density at radius 2 is 2.14 bits per heavy atom. The number of nitrogens with zero attached hydrogens (tertiary/aromatic N) is 3. The normalized spacial score (nSPS) is 15.4. The maximum Gasteiger partial charge on any atom is 0.256 e. The third-order valence-electron chi connectivity index (χ3n) is 3.80. The van der Waals surface area contributed by atoms with Crippen LogP contribution in [0.25, 0.3) is 0 Å². The highest BCUT2D eigenvalue weighted by Crippen LogP contribution is 2.35. The van der Waals surface area contributed by atoms with Gasteiger partial charge in [-0.05, 0) is 37.5 Å². The molecule has 0 saturated heterocycles. The van der Waals surface area contributed by atoms with Crippen LogP contribution in [0.1, 0.15) is 41.7 Å². The Bertz CT molecular complexity index is 689. The molecule has 0 N–H and O–H groups in total. The first kappa shape index (κ1) is 15.3. The molecule has 0 radical (unpaired) electrons. The number of halogens is 2. The van der Waals surface area contributed by atoms with Crippen molar-refractivity contribution in [2.45, 2.75) is 31.8 Å². The van der Waals surface area contributed by atoms with Gasteiger partial charge in [0.1, 0.15) is 5.15 Å². The topological polar surface area (TPSA) is 46.1 Å². The van der Waals surface area contributed by atoms with E-state index < -0.39 is 0 Å². The van der Waals surface area contributed by atoms with Gasteiger partial charge in [-0.25, -0.2) is 4.98 Å². The zero-order valence-corrected chi connectivity index (χ0v) is 13.6. The van der Waals surface area contributed by atoms with E-state index in [2.05, 4.69) is 9.97 Å². The lowest BCUT2D eigenvalue weighted by molar-refractivity contribution is 0.0673. The minimum absolute atomic E-state index is 0.0526. The van der Waals surface area contributed by atoms with E-state index in [1.54, 1.807) is 18.5 Å². The van der Waals surface area contributed by atoms with Crippen LogP contribution in [0, 0.1) is 0 Å². The molecule has 3 rings (SSSR count). The summed E-state index contributed by atoms with van der Waals surface area (Å²) >= 11 is 11.8. The smallest absolute Gasteiger partial charge is 0.256 e. The molecule has 114 valence electrons. The van der Waals surface area contributed by atoms with E-state index in [4.69, 9.17) is 23.2 Å². The molecule has 1 atom stereocenters. The number of carbonyl (C=O) groups excluding carboxylic acids is 1. The van der Waals surface area contributed by atoms with Crippen LogP contribution in [0.5, 0.6) is 0 Å². The molecule has 2 heterocycles. The van der Waals surface area contributed by atoms with E-state index >= 15 is 0 Å². The zero-order chi connectivity index (χ0) is 15.7. The van der Waals surface area contributed by atoms with Gasteiger partial charge in [-0.1, -0.05) is 29.3 Å². The third-order valence-corrected chi connectivity index (χ3v) is 4.49. The summed E-state index contributed by atoms with van der Waals surface area (Å²) < 4.78 is 0. The third kappa shape index (κ3) is 3.08. The molecule has 0 aliphatic heterocycles. The molecule has 1 aliphatic carbocycles. The first-order valence-electron chi connectivity index (χ1n) is 7.11. The van der Waals surface area contributed by atoms with Crippen molar-refractivity contribution in [1.29, 1.82) is 0 Å². The fourth-order valence-electron chi connectivity index (χ4n) is 2.48. The molecule has 2 aromatic rings. The summed E-state index contributed by atoms with van der Waals surface area (Å²) in [5, 5.41) is 0.494. The van der Waals surface area contributed by atoms with Crippen molar-refractivity contribution in [2.24, 2.45) is 0 Å². The minimum Gasteiger partial charge on any atom is -0.329 e. The van der Waals surface area contributed by atoms with Crippen molar-refractivity contribution in [3.8, 4) is 0 Å². The summed E-state index contributed by atoms with van der Waals surface area (Å²) in [7, 11) is 0. The minimum atomic E-state index is -0.0788. The number of pyridine rings is 2. The fraction of sp³-hybridized carbons (Fsp3) is 0.312. The van der Waals surface area contributed by atoms with Gasteiger partial charge in [-0.3, -0.25) is 9.78 Å². The van der Waals surface area contributed by atoms with Crippen LogP contribution in [0.3, 0.4) is 0 Å². The highest BCUT2D eigenvalue weighted by molar-refractivity contribution is 6.41. The molecule has 1 amide bonds. The van der Waals surface area contributed by atoms with Crippen LogP contribution < -0.4 is 0 Å². The summed E-state index contributed by atoms with van der Waals surface area (Å²) in [4.78, 5) is 22.9. The van der Waals surface area contributed by atoms with Crippen LogP contribution in [0.2, 0.25) is 10.2 Å². The molecule has 2 aromatic heterocycles. The van der Waals surface area contributed by atoms with E-state index in [-0.39, 0.29) is 28.2 Å². The Morgan fingerprint density at radius 1 is 1.36 bits per heavy atom. The lowest BCUT2D eigenvalue weighted by Crippen LogP contribution is -2.35. The number of hydrogen-bond donors (Lipinski definition) is 0. The summed E-state index contributed by atoms with van der Waals surface area (Å²) in [5.74, 6) is -0.0788. The SMILES string of the molecule is C[C@H](c1cccnc1)N(C(=O)c1cnc(Cl)c(Cl)c1)C1CC1. The van der Waals surface area contributed by atoms with Crippen LogP contribution in [0.4, 0.5) is 0 Å². The fourth-order valence-corrected chi connectivity index (χ4v) is 2.75. The Kier molecular flexibility index (Phi) is 4.32. The van der Waals surface area contributed by atoms with Crippen molar-refractivity contribution in [3.63, 3.8) is 0 Å². The summed E-state index contributed by atoms with van der Waals surface area (Å²) in [6, 6.07) is 5.64. The highest BCUT2D eigenvalue weighted by Gasteiger charge is 2.37. The van der Waals surface area contributed by atoms with Gasteiger partial charge in [0.05, 0.1) is 16.6 Å². The largest absolute Gasteiger partial charge is 0.329 e. The van der Waals surface area contributed by atoms with Crippen molar-refractivity contribution in [1.82, 2.24) is 14.9 Å². The van der Waals surface area contributed by atoms with Crippen LogP contribution in [0.15, 0.2) is 36.8 Å². The van der Waals surface area contributed by atoms with Gasteiger partial charge < -0.3 is 4.90 Å². The molecule has 1 fully saturated rings. The molecule has 0 bridgehead atoms. The quantitative estimate of drug-likeness (QED) is 0.788. The molecular weight excluding hydrogens is 321 g/mol. The number of aromatic nitrogens is 2. The standard InChI is InChI=1S/C16H15Cl2N3O/c1-10(11-3-2-6-19-8-11)21(13-4-5-13)16(22)12-7-14(17)15(18)20-9-12/h2-3,6-10,13H,4-5H2,1H3/t10-/m1/s1. The lowest BCUT2D eigenvalue weighted by Gasteiger charge is -2.29. The van der Waals surface area contributed by atoms with Crippen molar-refractivity contribution in [3.05, 3.63) is 58.1 Å². The predicted molar refractivity (Wildman–Crippen MR) is 86.1 cm³/mol. The molecule has 4 nitrogen and oxygen atoms in total. The second-order valence-corrected chi connectivity index (χ2v) is 6.17. The first-order valence-corrected chi connectivity index (χ1v) is 7.87. The number of carbonyl (C=O) groups is 1.